The Kier molecular flexibility index (Phi) is 13.4. The minimum Gasteiger partial charge on any atom is -0.339 e. The van der Waals surface area contributed by atoms with E-state index < -0.39 is 47.3 Å². The van der Waals surface area contributed by atoms with E-state index in [0.717, 1.165) is 43.4 Å². The second-order valence-electron chi connectivity index (χ2n) is 15.5. The largest absolute Gasteiger partial charge is 0.339 e. The molecule has 2 fully saturated rings. The Labute approximate surface area is 350 Å². The zero-order valence-electron chi connectivity index (χ0n) is 33.6. The number of carbonyl (C=O) groups excluding carboxylic acids is 7. The van der Waals surface area contributed by atoms with Crippen molar-refractivity contribution in [1.29, 1.82) is 0 Å². The molecule has 0 bridgehead atoms. The topological polar surface area (TPSA) is 211 Å². The number of hydrogen-bond acceptors (Lipinski definition) is 10. The van der Waals surface area contributed by atoms with Crippen molar-refractivity contribution in [1.82, 2.24) is 35.5 Å². The first-order chi connectivity index (χ1) is 29.5. The van der Waals surface area contributed by atoms with Crippen molar-refractivity contribution in [3.8, 4) is 0 Å². The Bertz CT molecular complexity index is 2450. The van der Waals surface area contributed by atoms with Crippen molar-refractivity contribution in [2.75, 3.05) is 44.6 Å². The van der Waals surface area contributed by atoms with Crippen LogP contribution in [0.2, 0.25) is 0 Å². The second kappa shape index (κ2) is 19.2. The average Bonchev–Trinajstić information content (AvgIpc) is 3.51. The summed E-state index contributed by atoms with van der Waals surface area (Å²) in [5, 5.41) is 15.8. The number of hydrogen-bond donors (Lipinski definition) is 4. The quantitative estimate of drug-likeness (QED) is 0.0956. The van der Waals surface area contributed by atoms with Gasteiger partial charge in [-0.25, -0.2) is 9.49 Å². The maximum absolute atomic E-state index is 14.9. The molecule has 61 heavy (non-hydrogen) atoms. The molecule has 17 heteroatoms. The number of benzene rings is 3. The van der Waals surface area contributed by atoms with E-state index in [1.165, 1.54) is 24.3 Å². The molecule has 4 aromatic rings. The smallest absolute Gasteiger partial charge is 0.272 e. The number of piperazine rings is 1. The summed E-state index contributed by atoms with van der Waals surface area (Å²) < 4.78 is 14.9. The van der Waals surface area contributed by atoms with Gasteiger partial charge in [-0.2, -0.15) is 5.10 Å². The zero-order chi connectivity index (χ0) is 43.0. The molecule has 0 spiro atoms. The van der Waals surface area contributed by atoms with E-state index in [1.54, 1.807) is 40.1 Å². The third kappa shape index (κ3) is 9.72. The highest BCUT2D eigenvalue weighted by molar-refractivity contribution is 6.26. The van der Waals surface area contributed by atoms with Crippen LogP contribution in [0, 0.1) is 5.82 Å². The van der Waals surface area contributed by atoms with Crippen LogP contribution in [0.3, 0.4) is 0 Å². The van der Waals surface area contributed by atoms with Crippen LogP contribution >= 0.6 is 0 Å². The average molecular weight is 835 g/mol. The van der Waals surface area contributed by atoms with E-state index in [4.69, 9.17) is 0 Å². The van der Waals surface area contributed by atoms with Crippen molar-refractivity contribution in [2.45, 2.75) is 70.3 Å². The number of imide groups is 2. The Hall–Kier alpha value is -6.62. The predicted octanol–water partition coefficient (Wildman–Crippen LogP) is 3.30. The number of nitrogens with one attached hydrogen (secondary N) is 4. The molecule has 318 valence electrons. The molecule has 1 unspecified atom stereocenters. The number of aromatic nitrogens is 2. The van der Waals surface area contributed by atoms with Gasteiger partial charge in [0, 0.05) is 50.8 Å². The summed E-state index contributed by atoms with van der Waals surface area (Å²) in [5.74, 6) is -3.92. The number of carbonyl (C=O) groups is 7. The Balaban J connectivity index is 0.757. The normalized spacial score (nSPS) is 16.5. The van der Waals surface area contributed by atoms with Crippen LogP contribution in [-0.2, 0) is 25.6 Å². The van der Waals surface area contributed by atoms with Gasteiger partial charge in [-0.15, -0.1) is 0 Å². The van der Waals surface area contributed by atoms with Gasteiger partial charge >= 0.3 is 0 Å². The number of piperidine rings is 1. The molecular formula is C44H47FN8O8. The predicted molar refractivity (Wildman–Crippen MR) is 221 cm³/mol. The van der Waals surface area contributed by atoms with Crippen LogP contribution in [0.15, 0.2) is 65.5 Å². The molecule has 0 radical (unpaired) electrons. The van der Waals surface area contributed by atoms with Crippen LogP contribution in [-0.4, -0.2) is 112 Å². The van der Waals surface area contributed by atoms with Gasteiger partial charge in [0.25, 0.3) is 23.3 Å². The molecule has 3 aromatic carbocycles. The molecular weight excluding hydrogens is 788 g/mol. The molecule has 3 aliphatic heterocycles. The van der Waals surface area contributed by atoms with Crippen LogP contribution in [0.25, 0.3) is 10.8 Å². The summed E-state index contributed by atoms with van der Waals surface area (Å²) in [5.41, 5.74) is 1.23. The van der Waals surface area contributed by atoms with Crippen LogP contribution in [0.4, 0.5) is 10.1 Å². The van der Waals surface area contributed by atoms with Gasteiger partial charge in [0.05, 0.1) is 40.0 Å². The van der Waals surface area contributed by atoms with Crippen molar-refractivity contribution in [3.63, 3.8) is 0 Å². The summed E-state index contributed by atoms with van der Waals surface area (Å²) >= 11 is 0. The van der Waals surface area contributed by atoms with Crippen molar-refractivity contribution < 1.29 is 38.0 Å². The third-order valence-corrected chi connectivity index (χ3v) is 11.3. The van der Waals surface area contributed by atoms with Crippen molar-refractivity contribution >= 4 is 57.8 Å². The lowest BCUT2D eigenvalue weighted by Crippen LogP contribution is -2.54. The van der Waals surface area contributed by atoms with Gasteiger partial charge in [-0.1, -0.05) is 56.0 Å². The fraction of sp³-hybridized carbons (Fsp3) is 0.386. The highest BCUT2D eigenvalue weighted by Crippen LogP contribution is 2.32. The number of H-pyrrole nitrogens is 1. The fourth-order valence-electron chi connectivity index (χ4n) is 8.08. The van der Waals surface area contributed by atoms with Gasteiger partial charge in [0.2, 0.25) is 23.6 Å². The van der Waals surface area contributed by atoms with E-state index in [0.29, 0.717) is 67.6 Å². The first-order valence-corrected chi connectivity index (χ1v) is 20.7. The van der Waals surface area contributed by atoms with Crippen molar-refractivity contribution in [3.05, 3.63) is 105 Å². The first kappa shape index (κ1) is 42.5. The first-order valence-electron chi connectivity index (χ1n) is 20.7. The number of anilines is 1. The second-order valence-corrected chi connectivity index (χ2v) is 15.5. The van der Waals surface area contributed by atoms with Gasteiger partial charge in [0.1, 0.15) is 11.9 Å². The minimum atomic E-state index is -1.10. The lowest BCUT2D eigenvalue weighted by atomic mass is 10.0. The third-order valence-electron chi connectivity index (χ3n) is 11.3. The zero-order valence-corrected chi connectivity index (χ0v) is 33.6. The Morgan fingerprint density at radius 2 is 1.52 bits per heavy atom. The fourth-order valence-corrected chi connectivity index (χ4v) is 8.08. The molecule has 7 rings (SSSR count). The standard InChI is InChI=1S/C44H47FN8O8/c45-32-16-15-27(25-34-28-10-6-7-11-29(28)40(57)50-49-34)24-31(32)42(59)52-22-20-51(21-23-52)38(56)14-5-3-1-2-4-8-19-46-26-37(55)47-33-13-9-12-30-39(33)44(61)53(43(30)60)35-17-18-36(54)48-41(35)58/h6-7,9-13,15-16,24,35,46H,1-5,8,14,17-23,25-26H2,(H,47,55)(H,50,57)(H,48,54,58). The maximum atomic E-state index is 14.9. The number of halogens is 1. The summed E-state index contributed by atoms with van der Waals surface area (Å²) in [6.45, 7) is 1.94. The lowest BCUT2D eigenvalue weighted by molar-refractivity contribution is -0.136. The Morgan fingerprint density at radius 1 is 0.803 bits per heavy atom. The van der Waals surface area contributed by atoms with Gasteiger partial charge in [-0.05, 0) is 61.7 Å². The van der Waals surface area contributed by atoms with E-state index in [-0.39, 0.29) is 53.2 Å². The molecule has 1 atom stereocenters. The van der Waals surface area contributed by atoms with Crippen LogP contribution < -0.4 is 21.5 Å². The molecule has 7 amide bonds. The number of aromatic amines is 1. The molecule has 4 N–H and O–H groups in total. The molecule has 3 aliphatic rings. The number of amides is 7. The minimum absolute atomic E-state index is 0.00742. The highest BCUT2D eigenvalue weighted by Gasteiger charge is 2.45. The lowest BCUT2D eigenvalue weighted by Gasteiger charge is -2.35. The van der Waals surface area contributed by atoms with E-state index >= 15 is 0 Å². The van der Waals surface area contributed by atoms with Crippen LogP contribution in [0.5, 0.6) is 0 Å². The monoisotopic (exact) mass is 834 g/mol. The number of fused-ring (bicyclic) bond motifs is 2. The van der Waals surface area contributed by atoms with Crippen molar-refractivity contribution in [2.24, 2.45) is 0 Å². The molecule has 0 aliphatic carbocycles. The molecule has 16 nitrogen and oxygen atoms in total. The van der Waals surface area contributed by atoms with E-state index in [9.17, 15) is 42.7 Å². The number of unbranched alkanes of at least 4 members (excludes halogenated alkanes) is 5. The number of rotatable bonds is 16. The molecule has 1 aromatic heterocycles. The maximum Gasteiger partial charge on any atom is 0.272 e. The Morgan fingerprint density at radius 3 is 2.30 bits per heavy atom. The van der Waals surface area contributed by atoms with E-state index in [1.807, 2.05) is 6.07 Å². The SMILES string of the molecule is O=C1CCC(N2C(=O)c3cccc(NC(=O)CNCCCCCCCCC(=O)N4CCN(C(=O)c5cc(Cc6n[nH]c(=O)c7ccccc67)ccc5F)CC4)c3C2=O)C(=O)N1. The van der Waals surface area contributed by atoms with Gasteiger partial charge in [0.15, 0.2) is 0 Å². The summed E-state index contributed by atoms with van der Waals surface area (Å²) in [6.07, 6.45) is 6.08. The molecule has 2 saturated heterocycles. The van der Waals surface area contributed by atoms with E-state index in [2.05, 4.69) is 26.1 Å². The molecule has 4 heterocycles. The van der Waals surface area contributed by atoms with Crippen LogP contribution in [0.1, 0.15) is 100 Å². The summed E-state index contributed by atoms with van der Waals surface area (Å²) in [7, 11) is 0. The molecule has 0 saturated carbocycles. The van der Waals surface area contributed by atoms with Gasteiger partial charge < -0.3 is 20.4 Å². The van der Waals surface area contributed by atoms with Gasteiger partial charge in [-0.3, -0.25) is 48.6 Å². The highest BCUT2D eigenvalue weighted by atomic mass is 19.1. The summed E-state index contributed by atoms with van der Waals surface area (Å²) in [4.78, 5) is 106. The summed E-state index contributed by atoms with van der Waals surface area (Å²) in [6, 6.07) is 14.9. The number of nitrogens with zero attached hydrogens (tertiary/aromatic N) is 4.